The summed E-state index contributed by atoms with van der Waals surface area (Å²) < 4.78 is 0. The number of anilines is 1. The molecule has 0 aliphatic carbocycles. The van der Waals surface area contributed by atoms with Crippen LogP contribution in [-0.4, -0.2) is 36.1 Å². The Balaban J connectivity index is 0.00000243. The van der Waals surface area contributed by atoms with Gasteiger partial charge in [-0.3, -0.25) is 14.4 Å². The van der Waals surface area contributed by atoms with Crippen LogP contribution in [-0.2, 0) is 13.0 Å². The van der Waals surface area contributed by atoms with Crippen LogP contribution in [0.1, 0.15) is 48.4 Å². The van der Waals surface area contributed by atoms with Gasteiger partial charge >= 0.3 is 0 Å². The third kappa shape index (κ3) is 3.95. The monoisotopic (exact) mass is 393 g/mol. The van der Waals surface area contributed by atoms with E-state index in [2.05, 4.69) is 10.2 Å². The van der Waals surface area contributed by atoms with Gasteiger partial charge in [-0.1, -0.05) is 12.1 Å². The fraction of sp³-hybridized carbons (Fsp3) is 0.278. The molecule has 0 radical (unpaired) electrons. The van der Waals surface area contributed by atoms with E-state index in [-0.39, 0.29) is 24.1 Å². The molecule has 1 aromatic carbocycles. The zero-order chi connectivity index (χ0) is 18.1. The van der Waals surface area contributed by atoms with Crippen molar-refractivity contribution in [3.63, 3.8) is 0 Å². The van der Waals surface area contributed by atoms with Gasteiger partial charge in [0.1, 0.15) is 5.00 Å². The van der Waals surface area contributed by atoms with Gasteiger partial charge in [0.05, 0.1) is 5.56 Å². The summed E-state index contributed by atoms with van der Waals surface area (Å²) in [5, 5.41) is 3.30. The molecule has 3 rings (SSSR count). The molecule has 8 heteroatoms. The zero-order valence-electron chi connectivity index (χ0n) is 14.5. The van der Waals surface area contributed by atoms with E-state index in [1.807, 2.05) is 7.05 Å². The molecular formula is C18H20ClN3O3S. The van der Waals surface area contributed by atoms with Crippen molar-refractivity contribution in [2.75, 3.05) is 18.9 Å². The van der Waals surface area contributed by atoms with Crippen LogP contribution in [0.25, 0.3) is 0 Å². The molecular weight excluding hydrogens is 374 g/mol. The Hall–Kier alpha value is -2.22. The first-order chi connectivity index (χ1) is 11.9. The first-order valence-electron chi connectivity index (χ1n) is 7.92. The number of amides is 2. The van der Waals surface area contributed by atoms with Gasteiger partial charge in [-0.2, -0.15) is 0 Å². The number of primary amides is 1. The van der Waals surface area contributed by atoms with Gasteiger partial charge in [0.25, 0.3) is 11.8 Å². The molecule has 1 aliphatic heterocycles. The third-order valence-electron chi connectivity index (χ3n) is 4.27. The normalized spacial score (nSPS) is 13.5. The lowest BCUT2D eigenvalue weighted by molar-refractivity contribution is 0.0995. The lowest BCUT2D eigenvalue weighted by Gasteiger charge is -2.22. The molecule has 0 saturated heterocycles. The number of ketones is 1. The number of Topliss-reactive ketones (excluding diaryl/α,β-unsaturated/α-hetero) is 1. The second-order valence-corrected chi connectivity index (χ2v) is 7.25. The molecule has 0 atom stereocenters. The molecule has 0 unspecified atom stereocenters. The average molecular weight is 394 g/mol. The highest BCUT2D eigenvalue weighted by atomic mass is 35.5. The van der Waals surface area contributed by atoms with E-state index in [9.17, 15) is 14.4 Å². The highest BCUT2D eigenvalue weighted by Gasteiger charge is 2.26. The number of rotatable bonds is 4. The van der Waals surface area contributed by atoms with Crippen molar-refractivity contribution < 1.29 is 14.4 Å². The van der Waals surface area contributed by atoms with Crippen molar-refractivity contribution in [2.45, 2.75) is 19.9 Å². The minimum absolute atomic E-state index is 0. The summed E-state index contributed by atoms with van der Waals surface area (Å²) in [6.45, 7) is 3.06. The number of carbonyl (C=O) groups is 3. The largest absolute Gasteiger partial charge is 0.365 e. The number of halogens is 1. The Morgan fingerprint density at radius 1 is 1.15 bits per heavy atom. The number of nitrogens with two attached hydrogens (primary N) is 1. The Morgan fingerprint density at radius 3 is 2.35 bits per heavy atom. The molecule has 138 valence electrons. The fourth-order valence-corrected chi connectivity index (χ4v) is 4.24. The quantitative estimate of drug-likeness (QED) is 0.781. The highest BCUT2D eigenvalue weighted by molar-refractivity contribution is 7.17. The van der Waals surface area contributed by atoms with E-state index >= 15 is 0 Å². The van der Waals surface area contributed by atoms with E-state index in [0.717, 1.165) is 30.0 Å². The molecule has 2 heterocycles. The predicted molar refractivity (Wildman–Crippen MR) is 105 cm³/mol. The van der Waals surface area contributed by atoms with Crippen LogP contribution in [0.5, 0.6) is 0 Å². The number of nitrogens with zero attached hydrogens (tertiary/aromatic N) is 1. The molecule has 1 aliphatic rings. The molecule has 2 amide bonds. The first-order valence-corrected chi connectivity index (χ1v) is 8.73. The molecule has 0 saturated carbocycles. The van der Waals surface area contributed by atoms with Crippen molar-refractivity contribution in [2.24, 2.45) is 5.73 Å². The number of nitrogens with one attached hydrogen (secondary N) is 1. The second kappa shape index (κ2) is 7.99. The maximum atomic E-state index is 12.5. The molecule has 0 bridgehead atoms. The summed E-state index contributed by atoms with van der Waals surface area (Å²) in [5.41, 5.74) is 7.88. The molecule has 2 aromatic rings. The molecule has 6 nitrogen and oxygen atoms in total. The minimum Gasteiger partial charge on any atom is -0.365 e. The van der Waals surface area contributed by atoms with Crippen LogP contribution in [0.4, 0.5) is 5.00 Å². The number of hydrogen-bond acceptors (Lipinski definition) is 5. The summed E-state index contributed by atoms with van der Waals surface area (Å²) in [6, 6.07) is 6.41. The van der Waals surface area contributed by atoms with Crippen LogP contribution >= 0.6 is 23.7 Å². The lowest BCUT2D eigenvalue weighted by atomic mass is 10.0. The lowest BCUT2D eigenvalue weighted by Crippen LogP contribution is -2.27. The maximum Gasteiger partial charge on any atom is 0.256 e. The number of likely N-dealkylation sites (N-methyl/N-ethyl adjacent to an activating group) is 1. The summed E-state index contributed by atoms with van der Waals surface area (Å²) >= 11 is 1.40. The van der Waals surface area contributed by atoms with Crippen molar-refractivity contribution >= 4 is 46.3 Å². The van der Waals surface area contributed by atoms with Gasteiger partial charge < -0.3 is 16.0 Å². The first kappa shape index (κ1) is 20.1. The zero-order valence-corrected chi connectivity index (χ0v) is 16.1. The maximum absolute atomic E-state index is 12.5. The van der Waals surface area contributed by atoms with Crippen LogP contribution in [0, 0.1) is 0 Å². The Morgan fingerprint density at radius 2 is 1.77 bits per heavy atom. The smallest absolute Gasteiger partial charge is 0.256 e. The number of benzene rings is 1. The molecule has 0 fully saturated rings. The molecule has 1 aromatic heterocycles. The van der Waals surface area contributed by atoms with Gasteiger partial charge in [0, 0.05) is 29.1 Å². The number of thiophene rings is 1. The SMILES string of the molecule is CC(=O)c1ccc(C(=O)Nc2sc3c(c2C(N)=O)CCN(C)C3)cc1.Cl. The average Bonchev–Trinajstić information content (AvgIpc) is 2.91. The van der Waals surface area contributed by atoms with E-state index in [1.165, 1.54) is 18.3 Å². The summed E-state index contributed by atoms with van der Waals surface area (Å²) in [6.07, 6.45) is 0.740. The number of fused-ring (bicyclic) bond motifs is 1. The molecule has 0 spiro atoms. The van der Waals surface area contributed by atoms with Gasteiger partial charge in [-0.15, -0.1) is 23.7 Å². The van der Waals surface area contributed by atoms with E-state index < -0.39 is 5.91 Å². The van der Waals surface area contributed by atoms with Crippen molar-refractivity contribution in [1.29, 1.82) is 0 Å². The van der Waals surface area contributed by atoms with E-state index in [1.54, 1.807) is 24.3 Å². The third-order valence-corrected chi connectivity index (χ3v) is 5.41. The topological polar surface area (TPSA) is 92.5 Å². The van der Waals surface area contributed by atoms with Gasteiger partial charge in [0.2, 0.25) is 0 Å². The van der Waals surface area contributed by atoms with E-state index in [0.29, 0.717) is 21.7 Å². The Bertz CT molecular complexity index is 861. The molecule has 3 N–H and O–H groups in total. The minimum atomic E-state index is -0.524. The Kier molecular flexibility index (Phi) is 6.17. The van der Waals surface area contributed by atoms with Crippen LogP contribution in [0.15, 0.2) is 24.3 Å². The van der Waals surface area contributed by atoms with Crippen LogP contribution < -0.4 is 11.1 Å². The van der Waals surface area contributed by atoms with Crippen molar-refractivity contribution in [3.8, 4) is 0 Å². The van der Waals surface area contributed by atoms with E-state index in [4.69, 9.17) is 5.73 Å². The molecule has 26 heavy (non-hydrogen) atoms. The highest BCUT2D eigenvalue weighted by Crippen LogP contribution is 2.36. The van der Waals surface area contributed by atoms with Gasteiger partial charge in [-0.25, -0.2) is 0 Å². The standard InChI is InChI=1S/C18H19N3O3S.ClH/c1-10(22)11-3-5-12(6-4-11)17(24)20-18-15(16(19)23)13-7-8-21(2)9-14(13)25-18;/h3-6H,7-9H2,1-2H3,(H2,19,23)(H,20,24);1H. The number of hydrogen-bond donors (Lipinski definition) is 2. The fourth-order valence-electron chi connectivity index (χ4n) is 2.91. The van der Waals surface area contributed by atoms with Gasteiger partial charge in [-0.05, 0) is 38.1 Å². The predicted octanol–water partition coefficient (Wildman–Crippen LogP) is 2.71. The summed E-state index contributed by atoms with van der Waals surface area (Å²) in [4.78, 5) is 38.9. The van der Waals surface area contributed by atoms with Crippen LogP contribution in [0.3, 0.4) is 0 Å². The number of carbonyl (C=O) groups excluding carboxylic acids is 3. The van der Waals surface area contributed by atoms with Crippen molar-refractivity contribution in [3.05, 3.63) is 51.4 Å². The summed E-state index contributed by atoms with van der Waals surface area (Å²) in [5.74, 6) is -0.910. The second-order valence-electron chi connectivity index (χ2n) is 6.15. The van der Waals surface area contributed by atoms with Gasteiger partial charge in [0.15, 0.2) is 5.78 Å². The summed E-state index contributed by atoms with van der Waals surface area (Å²) in [7, 11) is 2.02. The Labute approximate surface area is 161 Å². The van der Waals surface area contributed by atoms with Crippen LogP contribution in [0.2, 0.25) is 0 Å². The van der Waals surface area contributed by atoms with Crippen molar-refractivity contribution in [1.82, 2.24) is 4.90 Å².